The van der Waals surface area contributed by atoms with Gasteiger partial charge in [-0.15, -0.1) is 0 Å². The van der Waals surface area contributed by atoms with Crippen LogP contribution in [0.3, 0.4) is 0 Å². The molecule has 0 saturated carbocycles. The van der Waals surface area contributed by atoms with Gasteiger partial charge in [-0.1, -0.05) is 0 Å². The summed E-state index contributed by atoms with van der Waals surface area (Å²) in [5.41, 5.74) is 1.35. The van der Waals surface area contributed by atoms with Crippen molar-refractivity contribution in [3.8, 4) is 0 Å². The SMILES string of the molecule is CC(=NS(=O)C(C)(C)C)c1ncc2c(ccn2C(=O)O)n1. The van der Waals surface area contributed by atoms with Crippen molar-refractivity contribution >= 4 is 33.8 Å². The highest BCUT2D eigenvalue weighted by molar-refractivity contribution is 7.85. The summed E-state index contributed by atoms with van der Waals surface area (Å²) >= 11 is 0. The Hall–Kier alpha value is -2.09. The molecule has 0 bridgehead atoms. The van der Waals surface area contributed by atoms with Crippen LogP contribution in [0.1, 0.15) is 33.5 Å². The summed E-state index contributed by atoms with van der Waals surface area (Å²) in [6, 6.07) is 1.59. The molecule has 1 unspecified atom stereocenters. The first-order valence-corrected chi connectivity index (χ1v) is 7.36. The van der Waals surface area contributed by atoms with Gasteiger partial charge in [-0.05, 0) is 33.8 Å². The summed E-state index contributed by atoms with van der Waals surface area (Å²) in [6.07, 6.45) is 1.73. The predicted molar refractivity (Wildman–Crippen MR) is 81.1 cm³/mol. The first-order chi connectivity index (χ1) is 9.70. The van der Waals surface area contributed by atoms with E-state index in [2.05, 4.69) is 14.4 Å². The lowest BCUT2D eigenvalue weighted by Gasteiger charge is -2.13. The van der Waals surface area contributed by atoms with Gasteiger partial charge in [0.1, 0.15) is 11.0 Å². The summed E-state index contributed by atoms with van der Waals surface area (Å²) in [5, 5.41) is 9.00. The van der Waals surface area contributed by atoms with Crippen LogP contribution in [0.5, 0.6) is 0 Å². The maximum absolute atomic E-state index is 12.0. The molecule has 0 aliphatic rings. The number of carbonyl (C=O) groups is 1. The van der Waals surface area contributed by atoms with Gasteiger partial charge >= 0.3 is 6.09 Å². The largest absolute Gasteiger partial charge is 0.464 e. The maximum atomic E-state index is 12.0. The van der Waals surface area contributed by atoms with E-state index in [0.717, 1.165) is 4.57 Å². The molecule has 0 amide bonds. The molecule has 2 heterocycles. The number of fused-ring (bicyclic) bond motifs is 1. The second kappa shape index (κ2) is 5.36. The highest BCUT2D eigenvalue weighted by Crippen LogP contribution is 2.15. The van der Waals surface area contributed by atoms with Crippen LogP contribution in [-0.4, -0.2) is 40.4 Å². The zero-order valence-corrected chi connectivity index (χ0v) is 13.0. The topological polar surface area (TPSA) is 97.4 Å². The standard InChI is InChI=1S/C13H16N4O3S/c1-8(16-21(20)13(2,3)4)11-14-7-10-9(15-11)5-6-17(10)12(18)19/h5-7H,1-4H3,(H,18,19). The van der Waals surface area contributed by atoms with Crippen molar-refractivity contribution in [3.63, 3.8) is 0 Å². The van der Waals surface area contributed by atoms with Crippen LogP contribution >= 0.6 is 0 Å². The monoisotopic (exact) mass is 308 g/mol. The van der Waals surface area contributed by atoms with Gasteiger partial charge in [-0.25, -0.2) is 23.5 Å². The van der Waals surface area contributed by atoms with Gasteiger partial charge in [0.15, 0.2) is 5.82 Å². The number of aromatic nitrogens is 3. The predicted octanol–water partition coefficient (Wildman–Crippen LogP) is 2.23. The van der Waals surface area contributed by atoms with Gasteiger partial charge in [0.05, 0.1) is 27.7 Å². The molecule has 2 aromatic heterocycles. The van der Waals surface area contributed by atoms with E-state index in [0.29, 0.717) is 22.6 Å². The van der Waals surface area contributed by atoms with Crippen molar-refractivity contribution < 1.29 is 14.1 Å². The number of nitrogens with zero attached hydrogens (tertiary/aromatic N) is 4. The molecular formula is C13H16N4O3S. The van der Waals surface area contributed by atoms with Crippen molar-refractivity contribution in [3.05, 3.63) is 24.3 Å². The van der Waals surface area contributed by atoms with E-state index in [-0.39, 0.29) is 0 Å². The zero-order chi connectivity index (χ0) is 15.8. The molecule has 0 aromatic carbocycles. The minimum Gasteiger partial charge on any atom is -0.464 e. The third kappa shape index (κ3) is 3.15. The second-order valence-electron chi connectivity index (χ2n) is 5.47. The molecule has 2 aromatic rings. The fraction of sp³-hybridized carbons (Fsp3) is 0.385. The second-order valence-corrected chi connectivity index (χ2v) is 7.38. The summed E-state index contributed by atoms with van der Waals surface area (Å²) < 4.78 is 16.7. The highest BCUT2D eigenvalue weighted by Gasteiger charge is 2.20. The Balaban J connectivity index is 2.42. The molecule has 2 rings (SSSR count). The van der Waals surface area contributed by atoms with Crippen molar-refractivity contribution in [2.45, 2.75) is 32.4 Å². The number of carboxylic acid groups (broad SMARTS) is 1. The van der Waals surface area contributed by atoms with Crippen LogP contribution in [0, 0.1) is 0 Å². The maximum Gasteiger partial charge on any atom is 0.416 e. The van der Waals surface area contributed by atoms with Crippen molar-refractivity contribution in [1.29, 1.82) is 0 Å². The average Bonchev–Trinajstić information content (AvgIpc) is 2.80. The normalized spacial score (nSPS) is 14.4. The molecular weight excluding hydrogens is 292 g/mol. The molecule has 1 atom stereocenters. The molecule has 0 fully saturated rings. The summed E-state index contributed by atoms with van der Waals surface area (Å²) in [6.45, 7) is 7.17. The minimum atomic E-state index is -1.40. The number of rotatable bonds is 2. The quantitative estimate of drug-likeness (QED) is 0.858. The Morgan fingerprint density at radius 2 is 2.10 bits per heavy atom. The van der Waals surface area contributed by atoms with Crippen LogP contribution in [0.15, 0.2) is 22.9 Å². The summed E-state index contributed by atoms with van der Waals surface area (Å²) in [7, 11) is -1.40. The van der Waals surface area contributed by atoms with Gasteiger partial charge < -0.3 is 5.11 Å². The van der Waals surface area contributed by atoms with Crippen LogP contribution in [0.4, 0.5) is 4.79 Å². The molecule has 0 saturated heterocycles. The number of hydrogen-bond donors (Lipinski definition) is 1. The fourth-order valence-electron chi connectivity index (χ4n) is 1.57. The first-order valence-electron chi connectivity index (χ1n) is 6.25. The van der Waals surface area contributed by atoms with Crippen LogP contribution < -0.4 is 0 Å². The van der Waals surface area contributed by atoms with E-state index in [1.54, 1.807) is 13.0 Å². The fourth-order valence-corrected chi connectivity index (χ4v) is 2.17. The van der Waals surface area contributed by atoms with E-state index in [1.807, 2.05) is 20.8 Å². The van der Waals surface area contributed by atoms with Crippen molar-refractivity contribution in [2.24, 2.45) is 4.40 Å². The molecule has 112 valence electrons. The van der Waals surface area contributed by atoms with Gasteiger partial charge in [-0.3, -0.25) is 0 Å². The lowest BCUT2D eigenvalue weighted by atomic mass is 10.3. The Kier molecular flexibility index (Phi) is 3.91. The lowest BCUT2D eigenvalue weighted by molar-refractivity contribution is 0.197. The lowest BCUT2D eigenvalue weighted by Crippen LogP contribution is -2.21. The molecule has 7 nitrogen and oxygen atoms in total. The van der Waals surface area contributed by atoms with E-state index in [9.17, 15) is 9.00 Å². The molecule has 21 heavy (non-hydrogen) atoms. The van der Waals surface area contributed by atoms with E-state index >= 15 is 0 Å². The third-order valence-corrected chi connectivity index (χ3v) is 4.20. The highest BCUT2D eigenvalue weighted by atomic mass is 32.2. The Bertz CT molecular complexity index is 758. The first kappa shape index (κ1) is 15.3. The van der Waals surface area contributed by atoms with Gasteiger partial charge in [0.25, 0.3) is 0 Å². The minimum absolute atomic E-state index is 0.336. The molecule has 0 radical (unpaired) electrons. The average molecular weight is 308 g/mol. The van der Waals surface area contributed by atoms with Crippen LogP contribution in [0.25, 0.3) is 11.0 Å². The Morgan fingerprint density at radius 3 is 2.67 bits per heavy atom. The molecule has 1 N–H and O–H groups in total. The van der Waals surface area contributed by atoms with Crippen LogP contribution in [0.2, 0.25) is 0 Å². The summed E-state index contributed by atoms with van der Waals surface area (Å²) in [4.78, 5) is 19.3. The zero-order valence-electron chi connectivity index (χ0n) is 12.2. The Morgan fingerprint density at radius 1 is 1.43 bits per heavy atom. The van der Waals surface area contributed by atoms with Gasteiger partial charge in [-0.2, -0.15) is 4.40 Å². The van der Waals surface area contributed by atoms with Gasteiger partial charge in [0.2, 0.25) is 0 Å². The van der Waals surface area contributed by atoms with Crippen LogP contribution in [-0.2, 0) is 11.0 Å². The molecule has 0 aliphatic carbocycles. The number of hydrogen-bond acceptors (Lipinski definition) is 4. The summed E-state index contributed by atoms with van der Waals surface area (Å²) in [5.74, 6) is 0.336. The smallest absolute Gasteiger partial charge is 0.416 e. The third-order valence-electron chi connectivity index (χ3n) is 2.71. The van der Waals surface area contributed by atoms with E-state index in [1.165, 1.54) is 12.4 Å². The van der Waals surface area contributed by atoms with Crippen molar-refractivity contribution in [1.82, 2.24) is 14.5 Å². The molecule has 0 spiro atoms. The molecule has 8 heteroatoms. The van der Waals surface area contributed by atoms with Gasteiger partial charge in [0, 0.05) is 6.20 Å². The van der Waals surface area contributed by atoms with E-state index in [4.69, 9.17) is 5.11 Å². The Labute approximate surface area is 124 Å². The molecule has 0 aliphatic heterocycles. The van der Waals surface area contributed by atoms with E-state index < -0.39 is 21.8 Å². The van der Waals surface area contributed by atoms with Crippen molar-refractivity contribution in [2.75, 3.05) is 0 Å².